The molecule has 0 aliphatic rings. The Labute approximate surface area is 261 Å². The van der Waals surface area contributed by atoms with Crippen LogP contribution in [0.3, 0.4) is 0 Å². The Morgan fingerprint density at radius 1 is 0.977 bits per heavy atom. The normalized spacial score (nSPS) is 11.5. The van der Waals surface area contributed by atoms with Gasteiger partial charge in [0.1, 0.15) is 10.8 Å². The Kier molecular flexibility index (Phi) is 11.9. The highest BCUT2D eigenvalue weighted by atomic mass is 32.2. The number of amides is 2. The van der Waals surface area contributed by atoms with Crippen molar-refractivity contribution >= 4 is 39.3 Å². The number of nitrogens with one attached hydrogen (secondary N) is 3. The van der Waals surface area contributed by atoms with Gasteiger partial charge in [-0.2, -0.15) is 8.42 Å². The number of hydrogen-bond acceptors (Lipinski definition) is 7. The maximum atomic E-state index is 12.2. The second-order valence-electron chi connectivity index (χ2n) is 10.0. The minimum absolute atomic E-state index is 0.101. The van der Waals surface area contributed by atoms with Gasteiger partial charge in [0.25, 0.3) is 16.0 Å². The van der Waals surface area contributed by atoms with Gasteiger partial charge in [0.2, 0.25) is 5.91 Å². The van der Waals surface area contributed by atoms with E-state index in [1.165, 1.54) is 6.42 Å². The lowest BCUT2D eigenvalue weighted by atomic mass is 10.0. The van der Waals surface area contributed by atoms with Crippen LogP contribution in [-0.4, -0.2) is 60.2 Å². The van der Waals surface area contributed by atoms with Gasteiger partial charge in [-0.15, -0.1) is 11.3 Å². The topological polar surface area (TPSA) is 150 Å². The summed E-state index contributed by atoms with van der Waals surface area (Å²) < 4.78 is 35.9. The Balaban J connectivity index is 1.44. The fourth-order valence-electron chi connectivity index (χ4n) is 4.26. The third kappa shape index (κ3) is 10.2. The first-order chi connectivity index (χ1) is 21.2. The number of thiazole rings is 1. The quantitative estimate of drug-likeness (QED) is 0.0714. The molecule has 0 radical (unpaired) electrons. The van der Waals surface area contributed by atoms with E-state index in [4.69, 9.17) is 14.3 Å². The van der Waals surface area contributed by atoms with Crippen molar-refractivity contribution in [3.05, 3.63) is 78.5 Å². The first-order valence-corrected chi connectivity index (χ1v) is 16.8. The SMILES string of the molecule is CCCCCCNC(=O)/C=C/c1ccc(-c2sc(-c3ccc[nH]3)nc2-c2ccc(OCC(=O)NCCS(=O)(=O)O)cc2)cc1. The molecular weight excluding hydrogens is 601 g/mol. The van der Waals surface area contributed by atoms with Crippen molar-refractivity contribution in [1.82, 2.24) is 20.6 Å². The molecular formula is C32H36N4O6S2. The average molecular weight is 637 g/mol. The van der Waals surface area contributed by atoms with Crippen molar-refractivity contribution in [2.75, 3.05) is 25.4 Å². The van der Waals surface area contributed by atoms with E-state index in [1.807, 2.05) is 54.7 Å². The predicted octanol–water partition coefficient (Wildman–Crippen LogP) is 5.56. The van der Waals surface area contributed by atoms with Gasteiger partial charge in [-0.25, -0.2) is 4.98 Å². The molecule has 4 N–H and O–H groups in total. The Morgan fingerprint density at radius 3 is 2.41 bits per heavy atom. The molecule has 0 aliphatic carbocycles. The fourth-order valence-corrected chi connectivity index (χ4v) is 5.70. The van der Waals surface area contributed by atoms with E-state index in [0.29, 0.717) is 12.3 Å². The minimum Gasteiger partial charge on any atom is -0.484 e. The number of benzene rings is 2. The highest BCUT2D eigenvalue weighted by Gasteiger charge is 2.17. The van der Waals surface area contributed by atoms with Crippen LogP contribution in [0.2, 0.25) is 0 Å². The Hall–Kier alpha value is -4.26. The molecule has 0 bridgehead atoms. The number of carbonyl (C=O) groups excluding carboxylic acids is 2. The summed E-state index contributed by atoms with van der Waals surface area (Å²) in [5.74, 6) is -0.710. The minimum atomic E-state index is -4.15. The summed E-state index contributed by atoms with van der Waals surface area (Å²) in [4.78, 5) is 33.2. The molecule has 0 atom stereocenters. The summed E-state index contributed by atoms with van der Waals surface area (Å²) in [5, 5.41) is 6.14. The number of hydrogen-bond donors (Lipinski definition) is 4. The number of unbranched alkanes of at least 4 members (excludes halogenated alkanes) is 3. The van der Waals surface area contributed by atoms with Crippen molar-refractivity contribution in [2.45, 2.75) is 32.6 Å². The number of H-pyrrole nitrogens is 1. The summed E-state index contributed by atoms with van der Waals surface area (Å²) in [7, 11) is -4.15. The third-order valence-corrected chi connectivity index (χ3v) is 8.42. The number of aromatic nitrogens is 2. The van der Waals surface area contributed by atoms with Crippen molar-refractivity contribution < 1.29 is 27.3 Å². The molecule has 0 spiro atoms. The molecule has 12 heteroatoms. The summed E-state index contributed by atoms with van der Waals surface area (Å²) in [6.07, 6.45) is 9.66. The number of ether oxygens (including phenoxy) is 1. The largest absolute Gasteiger partial charge is 0.484 e. The van der Waals surface area contributed by atoms with Crippen LogP contribution in [0.5, 0.6) is 5.75 Å². The maximum absolute atomic E-state index is 12.2. The third-order valence-electron chi connectivity index (χ3n) is 6.56. The first kappa shape index (κ1) is 32.6. The van der Waals surface area contributed by atoms with Crippen LogP contribution in [0.25, 0.3) is 38.5 Å². The van der Waals surface area contributed by atoms with Crippen LogP contribution in [0.4, 0.5) is 0 Å². The molecule has 0 saturated heterocycles. The van der Waals surface area contributed by atoms with Crippen molar-refractivity contribution in [2.24, 2.45) is 0 Å². The monoisotopic (exact) mass is 636 g/mol. The van der Waals surface area contributed by atoms with Crippen LogP contribution in [0, 0.1) is 0 Å². The highest BCUT2D eigenvalue weighted by molar-refractivity contribution is 7.85. The molecule has 0 saturated carbocycles. The molecule has 232 valence electrons. The second-order valence-corrected chi connectivity index (χ2v) is 12.6. The smallest absolute Gasteiger partial charge is 0.266 e. The van der Waals surface area contributed by atoms with Crippen LogP contribution in [0.15, 0.2) is 72.9 Å². The van der Waals surface area contributed by atoms with Crippen LogP contribution in [0.1, 0.15) is 38.2 Å². The van der Waals surface area contributed by atoms with E-state index in [2.05, 4.69) is 22.5 Å². The summed E-state index contributed by atoms with van der Waals surface area (Å²) >= 11 is 1.56. The summed E-state index contributed by atoms with van der Waals surface area (Å²) in [6.45, 7) is 2.33. The molecule has 4 rings (SSSR count). The van der Waals surface area contributed by atoms with Crippen molar-refractivity contribution in [1.29, 1.82) is 0 Å². The van der Waals surface area contributed by atoms with Crippen LogP contribution >= 0.6 is 11.3 Å². The lowest BCUT2D eigenvalue weighted by Gasteiger charge is -2.08. The summed E-state index contributed by atoms with van der Waals surface area (Å²) in [5.41, 5.74) is 4.45. The zero-order valence-corrected chi connectivity index (χ0v) is 26.0. The van der Waals surface area contributed by atoms with E-state index in [0.717, 1.165) is 57.2 Å². The van der Waals surface area contributed by atoms with Gasteiger partial charge in [0, 0.05) is 30.9 Å². The molecule has 2 aromatic carbocycles. The maximum Gasteiger partial charge on any atom is 0.266 e. The lowest BCUT2D eigenvalue weighted by Crippen LogP contribution is -2.32. The van der Waals surface area contributed by atoms with Crippen molar-refractivity contribution in [3.63, 3.8) is 0 Å². The van der Waals surface area contributed by atoms with Gasteiger partial charge in [0.05, 0.1) is 22.0 Å². The molecule has 10 nitrogen and oxygen atoms in total. The fraction of sp³-hybridized carbons (Fsp3) is 0.281. The molecule has 0 unspecified atom stereocenters. The zero-order chi connectivity index (χ0) is 31.4. The van der Waals surface area contributed by atoms with E-state index < -0.39 is 21.8 Å². The van der Waals surface area contributed by atoms with E-state index in [9.17, 15) is 18.0 Å². The number of nitrogens with zero attached hydrogens (tertiary/aromatic N) is 1. The Bertz CT molecular complexity index is 1650. The van der Waals surface area contributed by atoms with Gasteiger partial charge < -0.3 is 20.4 Å². The van der Waals surface area contributed by atoms with E-state index >= 15 is 0 Å². The molecule has 0 aliphatic heterocycles. The molecule has 0 fully saturated rings. The van der Waals surface area contributed by atoms with Gasteiger partial charge in [-0.3, -0.25) is 14.1 Å². The van der Waals surface area contributed by atoms with Crippen molar-refractivity contribution in [3.8, 4) is 38.1 Å². The molecule has 2 aromatic heterocycles. The summed E-state index contributed by atoms with van der Waals surface area (Å²) in [6, 6.07) is 19.0. The lowest BCUT2D eigenvalue weighted by molar-refractivity contribution is -0.123. The van der Waals surface area contributed by atoms with Gasteiger partial charge in [-0.05, 0) is 60.0 Å². The van der Waals surface area contributed by atoms with E-state index in [1.54, 1.807) is 35.6 Å². The highest BCUT2D eigenvalue weighted by Crippen LogP contribution is 2.40. The molecule has 2 heterocycles. The molecule has 44 heavy (non-hydrogen) atoms. The Morgan fingerprint density at radius 2 is 1.73 bits per heavy atom. The molecule has 4 aromatic rings. The van der Waals surface area contributed by atoms with Gasteiger partial charge in [-0.1, -0.05) is 50.5 Å². The second kappa shape index (κ2) is 16.0. The predicted molar refractivity (Wildman–Crippen MR) is 174 cm³/mol. The van der Waals surface area contributed by atoms with Crippen LogP contribution < -0.4 is 15.4 Å². The number of rotatable bonds is 16. The van der Waals surface area contributed by atoms with E-state index in [-0.39, 0.29) is 19.1 Å². The molecule has 2 amide bonds. The average Bonchev–Trinajstić information content (AvgIpc) is 3.70. The zero-order valence-electron chi connectivity index (χ0n) is 24.4. The number of aromatic amines is 1. The van der Waals surface area contributed by atoms with Gasteiger partial charge in [0.15, 0.2) is 6.61 Å². The number of carbonyl (C=O) groups is 2. The van der Waals surface area contributed by atoms with Gasteiger partial charge >= 0.3 is 0 Å². The van der Waals surface area contributed by atoms with Crippen LogP contribution in [-0.2, 0) is 19.7 Å². The standard InChI is InChI=1S/C32H36N4O6S2/c1-2-3-4-5-18-34-28(37)17-10-23-8-11-25(12-9-23)31-30(36-32(43-31)27-7-6-19-33-27)24-13-15-26(16-14-24)42-22-29(38)35-20-21-44(39,40)41/h6-17,19,33H,2-5,18,20-22H2,1H3,(H,34,37)(H,35,38)(H,39,40,41)/b17-10+. The first-order valence-electron chi connectivity index (χ1n) is 14.4.